The molecule has 1 aliphatic heterocycles. The molecule has 0 aliphatic carbocycles. The predicted molar refractivity (Wildman–Crippen MR) is 109 cm³/mol. The average Bonchev–Trinajstić information content (AvgIpc) is 2.76. The third-order valence-electron chi connectivity index (χ3n) is 5.28. The fourth-order valence-electron chi connectivity index (χ4n) is 3.72. The molecule has 0 radical (unpaired) electrons. The molecule has 0 saturated carbocycles. The van der Waals surface area contributed by atoms with Gasteiger partial charge >= 0.3 is 0 Å². The van der Waals surface area contributed by atoms with Crippen molar-refractivity contribution in [3.8, 4) is 17.6 Å². The minimum Gasteiger partial charge on any atom is -0.508 e. The van der Waals surface area contributed by atoms with E-state index >= 15 is 0 Å². The SMILES string of the molecule is COc1ccc2ccc(O)c(CN3CCN(c4ncccc4C#N)CC3)c2c1. The van der Waals surface area contributed by atoms with Gasteiger partial charge in [-0.25, -0.2) is 4.98 Å². The van der Waals surface area contributed by atoms with Gasteiger partial charge in [0.15, 0.2) is 0 Å². The number of phenols is 1. The highest BCUT2D eigenvalue weighted by Crippen LogP contribution is 2.31. The monoisotopic (exact) mass is 374 g/mol. The first kappa shape index (κ1) is 18.1. The molecule has 1 aliphatic rings. The number of benzene rings is 2. The van der Waals surface area contributed by atoms with Crippen molar-refractivity contribution < 1.29 is 9.84 Å². The minimum absolute atomic E-state index is 0.305. The summed E-state index contributed by atoms with van der Waals surface area (Å²) in [7, 11) is 1.65. The summed E-state index contributed by atoms with van der Waals surface area (Å²) in [6.45, 7) is 3.92. The van der Waals surface area contributed by atoms with Crippen LogP contribution in [-0.2, 0) is 6.54 Å². The zero-order chi connectivity index (χ0) is 19.5. The number of piperazine rings is 1. The normalized spacial score (nSPS) is 14.8. The van der Waals surface area contributed by atoms with Crippen molar-refractivity contribution in [2.45, 2.75) is 6.54 Å². The topological polar surface area (TPSA) is 72.6 Å². The zero-order valence-electron chi connectivity index (χ0n) is 15.8. The van der Waals surface area contributed by atoms with Crippen LogP contribution in [-0.4, -0.2) is 48.3 Å². The van der Waals surface area contributed by atoms with Crippen LogP contribution in [0.2, 0.25) is 0 Å². The number of anilines is 1. The molecule has 1 N–H and O–H groups in total. The summed E-state index contributed by atoms with van der Waals surface area (Å²) in [5.41, 5.74) is 1.52. The summed E-state index contributed by atoms with van der Waals surface area (Å²) in [4.78, 5) is 8.86. The van der Waals surface area contributed by atoms with Crippen LogP contribution in [0.25, 0.3) is 10.8 Å². The predicted octanol–water partition coefficient (Wildman–Crippen LogP) is 3.14. The molecule has 1 aromatic heterocycles. The van der Waals surface area contributed by atoms with Gasteiger partial charge in [0.25, 0.3) is 0 Å². The molecule has 6 nitrogen and oxygen atoms in total. The molecule has 0 amide bonds. The lowest BCUT2D eigenvalue weighted by Gasteiger charge is -2.36. The summed E-state index contributed by atoms with van der Waals surface area (Å²) in [6, 6.07) is 15.4. The summed E-state index contributed by atoms with van der Waals surface area (Å²) in [5.74, 6) is 1.84. The average molecular weight is 374 g/mol. The highest BCUT2D eigenvalue weighted by molar-refractivity contribution is 5.89. The van der Waals surface area contributed by atoms with Gasteiger partial charge < -0.3 is 14.7 Å². The van der Waals surface area contributed by atoms with Crippen LogP contribution in [0.1, 0.15) is 11.1 Å². The molecule has 0 unspecified atom stereocenters. The molecule has 2 aromatic carbocycles. The van der Waals surface area contributed by atoms with Gasteiger partial charge in [0.05, 0.1) is 12.7 Å². The summed E-state index contributed by atoms with van der Waals surface area (Å²) in [5, 5.41) is 21.9. The lowest BCUT2D eigenvalue weighted by molar-refractivity contribution is 0.247. The fourth-order valence-corrected chi connectivity index (χ4v) is 3.72. The molecule has 4 rings (SSSR count). The lowest BCUT2D eigenvalue weighted by Crippen LogP contribution is -2.46. The van der Waals surface area contributed by atoms with Gasteiger partial charge in [0.1, 0.15) is 23.4 Å². The summed E-state index contributed by atoms with van der Waals surface area (Å²) in [6.07, 6.45) is 1.73. The first-order chi connectivity index (χ1) is 13.7. The number of methoxy groups -OCH3 is 1. The number of fused-ring (bicyclic) bond motifs is 1. The third kappa shape index (κ3) is 3.45. The molecule has 1 fully saturated rings. The maximum Gasteiger partial charge on any atom is 0.146 e. The smallest absolute Gasteiger partial charge is 0.146 e. The van der Waals surface area contributed by atoms with E-state index < -0.39 is 0 Å². The van der Waals surface area contributed by atoms with Crippen molar-refractivity contribution in [1.82, 2.24) is 9.88 Å². The van der Waals surface area contributed by atoms with Crippen LogP contribution >= 0.6 is 0 Å². The second kappa shape index (κ2) is 7.75. The Morgan fingerprint density at radius 3 is 2.68 bits per heavy atom. The third-order valence-corrected chi connectivity index (χ3v) is 5.28. The fraction of sp³-hybridized carbons (Fsp3) is 0.273. The maximum absolute atomic E-state index is 10.5. The van der Waals surface area contributed by atoms with Crippen molar-refractivity contribution >= 4 is 16.6 Å². The van der Waals surface area contributed by atoms with Gasteiger partial charge in [-0.2, -0.15) is 5.26 Å². The van der Waals surface area contributed by atoms with Crippen LogP contribution in [0.4, 0.5) is 5.82 Å². The van der Waals surface area contributed by atoms with Gasteiger partial charge in [-0.3, -0.25) is 4.90 Å². The quantitative estimate of drug-likeness (QED) is 0.756. The van der Waals surface area contributed by atoms with Crippen LogP contribution in [0.3, 0.4) is 0 Å². The molecule has 0 atom stereocenters. The van der Waals surface area contributed by atoms with Crippen LogP contribution in [0, 0.1) is 11.3 Å². The van der Waals surface area contributed by atoms with Gasteiger partial charge in [-0.15, -0.1) is 0 Å². The van der Waals surface area contributed by atoms with Crippen molar-refractivity contribution in [2.75, 3.05) is 38.2 Å². The standard InChI is InChI=1S/C22H22N4O2/c1-28-18-6-4-16-5-7-21(27)20(19(16)13-18)15-25-9-11-26(12-10-25)22-17(14-23)3-2-8-24-22/h2-8,13,27H,9-12,15H2,1H3. The Bertz CT molecular complexity index is 1040. The molecule has 0 bridgehead atoms. The van der Waals surface area contributed by atoms with E-state index in [-0.39, 0.29) is 0 Å². The number of phenolic OH excluding ortho intramolecular Hbond substituents is 1. The van der Waals surface area contributed by atoms with E-state index in [9.17, 15) is 10.4 Å². The number of nitrogens with zero attached hydrogens (tertiary/aromatic N) is 4. The maximum atomic E-state index is 10.5. The Balaban J connectivity index is 1.52. The number of ether oxygens (including phenoxy) is 1. The molecule has 2 heterocycles. The van der Waals surface area contributed by atoms with Crippen LogP contribution in [0.5, 0.6) is 11.5 Å². The van der Waals surface area contributed by atoms with Gasteiger partial charge in [0, 0.05) is 44.5 Å². The first-order valence-corrected chi connectivity index (χ1v) is 9.30. The number of pyridine rings is 1. The summed E-state index contributed by atoms with van der Waals surface area (Å²) >= 11 is 0. The lowest BCUT2D eigenvalue weighted by atomic mass is 10.0. The second-order valence-electron chi connectivity index (χ2n) is 6.90. The highest BCUT2D eigenvalue weighted by Gasteiger charge is 2.21. The number of nitriles is 1. The van der Waals surface area contributed by atoms with Gasteiger partial charge in [-0.05, 0) is 41.1 Å². The van der Waals surface area contributed by atoms with Gasteiger partial charge in [0.2, 0.25) is 0 Å². The molecular weight excluding hydrogens is 352 g/mol. The molecule has 28 heavy (non-hydrogen) atoms. The molecular formula is C22H22N4O2. The van der Waals surface area contributed by atoms with E-state index in [1.807, 2.05) is 24.3 Å². The number of aromatic hydroxyl groups is 1. The molecule has 142 valence electrons. The van der Waals surface area contributed by atoms with Crippen molar-refractivity contribution in [3.63, 3.8) is 0 Å². The van der Waals surface area contributed by atoms with Crippen molar-refractivity contribution in [1.29, 1.82) is 5.26 Å². The Morgan fingerprint density at radius 1 is 1.14 bits per heavy atom. The van der Waals surface area contributed by atoms with E-state index in [1.165, 1.54) is 0 Å². The molecule has 6 heteroatoms. The minimum atomic E-state index is 0.305. The largest absolute Gasteiger partial charge is 0.508 e. The number of aromatic nitrogens is 1. The highest BCUT2D eigenvalue weighted by atomic mass is 16.5. The van der Waals surface area contributed by atoms with Crippen LogP contribution < -0.4 is 9.64 Å². The Hall–Kier alpha value is -3.30. The van der Waals surface area contributed by atoms with Crippen LogP contribution in [0.15, 0.2) is 48.7 Å². The van der Waals surface area contributed by atoms with E-state index in [1.54, 1.807) is 31.5 Å². The van der Waals surface area contributed by atoms with E-state index in [4.69, 9.17) is 4.74 Å². The van der Waals surface area contributed by atoms with Crippen molar-refractivity contribution in [2.24, 2.45) is 0 Å². The Morgan fingerprint density at radius 2 is 1.93 bits per heavy atom. The Kier molecular flexibility index (Phi) is 5.00. The number of rotatable bonds is 4. The number of hydrogen-bond donors (Lipinski definition) is 1. The van der Waals surface area contributed by atoms with E-state index in [2.05, 4.69) is 20.9 Å². The van der Waals surface area contributed by atoms with Gasteiger partial charge in [-0.1, -0.05) is 12.1 Å². The van der Waals surface area contributed by atoms with E-state index in [0.29, 0.717) is 17.9 Å². The van der Waals surface area contributed by atoms with Crippen molar-refractivity contribution in [3.05, 3.63) is 59.8 Å². The number of hydrogen-bond acceptors (Lipinski definition) is 6. The zero-order valence-corrected chi connectivity index (χ0v) is 15.8. The van der Waals surface area contributed by atoms with E-state index in [0.717, 1.165) is 54.1 Å². The molecule has 1 saturated heterocycles. The second-order valence-corrected chi connectivity index (χ2v) is 6.90. The molecule has 3 aromatic rings. The summed E-state index contributed by atoms with van der Waals surface area (Å²) < 4.78 is 5.36. The first-order valence-electron chi connectivity index (χ1n) is 9.30. The Labute approximate surface area is 164 Å². The molecule has 0 spiro atoms.